The van der Waals surface area contributed by atoms with Crippen LogP contribution in [0.1, 0.15) is 32.4 Å². The normalized spacial score (nSPS) is 13.6. The molecular formula is C24H42Cl3NO5Si2. The summed E-state index contributed by atoms with van der Waals surface area (Å²) in [5.41, 5.74) is 0.311. The van der Waals surface area contributed by atoms with Crippen molar-refractivity contribution in [2.75, 3.05) is 39.0 Å². The van der Waals surface area contributed by atoms with Crippen LogP contribution in [-0.4, -0.2) is 71.3 Å². The predicted octanol–water partition coefficient (Wildman–Crippen LogP) is 6.81. The lowest BCUT2D eigenvalue weighted by molar-refractivity contribution is -0.130. The molecule has 1 amide bonds. The van der Waals surface area contributed by atoms with E-state index in [1.54, 1.807) is 12.1 Å². The smallest absolute Gasteiger partial charge is 0.237 e. The monoisotopic (exact) mass is 585 g/mol. The number of hydrogen-bond donors (Lipinski definition) is 1. The Morgan fingerprint density at radius 2 is 1.74 bits per heavy atom. The maximum atomic E-state index is 12.5. The standard InChI is InChI=1S/C24H42Cl3NO5Si2/c1-24(2,3)35(7,8)33-12-11-28(21(30)15-25)16-19(29)22-20(10-9-18(26)23(22)27)32-17-31-13-14-34(4,5)6/h9-10,19,29H,11-17H2,1-8H3. The van der Waals surface area contributed by atoms with Gasteiger partial charge in [0.1, 0.15) is 17.7 Å². The molecule has 1 aromatic rings. The third-order valence-corrected chi connectivity index (χ3v) is 13.5. The lowest BCUT2D eigenvalue weighted by Gasteiger charge is -2.37. The van der Waals surface area contributed by atoms with E-state index in [9.17, 15) is 9.90 Å². The Bertz CT molecular complexity index is 829. The Morgan fingerprint density at radius 1 is 1.11 bits per heavy atom. The summed E-state index contributed by atoms with van der Waals surface area (Å²) < 4.78 is 17.6. The average molecular weight is 587 g/mol. The van der Waals surface area contributed by atoms with Crippen molar-refractivity contribution in [3.8, 4) is 5.75 Å². The van der Waals surface area contributed by atoms with Gasteiger partial charge in [-0.3, -0.25) is 4.79 Å². The molecule has 0 radical (unpaired) electrons. The molecular weight excluding hydrogens is 545 g/mol. The number of aliphatic hydroxyl groups is 1. The Hall–Kier alpha value is -0.326. The Labute approximate surface area is 228 Å². The van der Waals surface area contributed by atoms with Crippen LogP contribution in [0.15, 0.2) is 12.1 Å². The highest BCUT2D eigenvalue weighted by Gasteiger charge is 2.37. The quantitative estimate of drug-likeness (QED) is 0.112. The summed E-state index contributed by atoms with van der Waals surface area (Å²) in [7, 11) is -3.20. The van der Waals surface area contributed by atoms with E-state index >= 15 is 0 Å². The second kappa shape index (κ2) is 14.0. The molecule has 0 heterocycles. The van der Waals surface area contributed by atoms with Crippen molar-refractivity contribution in [2.45, 2.75) is 70.7 Å². The summed E-state index contributed by atoms with van der Waals surface area (Å²) in [6.07, 6.45) is -1.14. The van der Waals surface area contributed by atoms with Crippen molar-refractivity contribution in [3.63, 3.8) is 0 Å². The van der Waals surface area contributed by atoms with Gasteiger partial charge in [0.2, 0.25) is 5.91 Å². The zero-order valence-electron chi connectivity index (χ0n) is 22.3. The van der Waals surface area contributed by atoms with Crippen molar-refractivity contribution in [2.24, 2.45) is 0 Å². The summed E-state index contributed by atoms with van der Waals surface area (Å²) in [5, 5.41) is 11.6. The van der Waals surface area contributed by atoms with Gasteiger partial charge in [-0.25, -0.2) is 0 Å². The Morgan fingerprint density at radius 3 is 2.29 bits per heavy atom. The van der Waals surface area contributed by atoms with Crippen LogP contribution in [-0.2, 0) is 14.0 Å². The fourth-order valence-corrected chi connectivity index (χ4v) is 5.26. The van der Waals surface area contributed by atoms with E-state index in [1.807, 2.05) is 0 Å². The minimum atomic E-state index is -1.98. The molecule has 11 heteroatoms. The third kappa shape index (κ3) is 10.9. The Kier molecular flexibility index (Phi) is 13.1. The van der Waals surface area contributed by atoms with Gasteiger partial charge in [0, 0.05) is 26.8 Å². The van der Waals surface area contributed by atoms with Crippen molar-refractivity contribution in [1.82, 2.24) is 4.90 Å². The molecule has 0 saturated carbocycles. The maximum absolute atomic E-state index is 12.5. The minimum Gasteiger partial charge on any atom is -0.467 e. The maximum Gasteiger partial charge on any atom is 0.237 e. The van der Waals surface area contributed by atoms with E-state index in [0.717, 1.165) is 6.04 Å². The van der Waals surface area contributed by atoms with E-state index in [-0.39, 0.29) is 40.2 Å². The van der Waals surface area contributed by atoms with Crippen molar-refractivity contribution in [3.05, 3.63) is 27.7 Å². The number of halogens is 3. The molecule has 0 aliphatic heterocycles. The van der Waals surface area contributed by atoms with Crippen molar-refractivity contribution < 1.29 is 23.8 Å². The van der Waals surface area contributed by atoms with Gasteiger partial charge in [0.15, 0.2) is 15.1 Å². The van der Waals surface area contributed by atoms with Crippen LogP contribution in [0.2, 0.25) is 53.9 Å². The van der Waals surface area contributed by atoms with Gasteiger partial charge in [-0.2, -0.15) is 0 Å². The summed E-state index contributed by atoms with van der Waals surface area (Å²) in [6.45, 7) is 18.8. The van der Waals surface area contributed by atoms with E-state index in [4.69, 9.17) is 48.7 Å². The van der Waals surface area contributed by atoms with E-state index in [0.29, 0.717) is 31.1 Å². The van der Waals surface area contributed by atoms with E-state index in [2.05, 4.69) is 53.5 Å². The highest BCUT2D eigenvalue weighted by molar-refractivity contribution is 6.76. The number of amides is 1. The second-order valence-electron chi connectivity index (χ2n) is 11.4. The molecule has 1 aromatic carbocycles. The van der Waals surface area contributed by atoms with Crippen molar-refractivity contribution >= 4 is 57.1 Å². The summed E-state index contributed by atoms with van der Waals surface area (Å²) in [5.74, 6) is -0.153. The van der Waals surface area contributed by atoms with Crippen LogP contribution in [0.5, 0.6) is 5.75 Å². The highest BCUT2D eigenvalue weighted by atomic mass is 35.5. The third-order valence-electron chi connectivity index (χ3n) is 6.21. The number of nitrogens with zero attached hydrogens (tertiary/aromatic N) is 1. The molecule has 202 valence electrons. The highest BCUT2D eigenvalue weighted by Crippen LogP contribution is 2.38. The van der Waals surface area contributed by atoms with E-state index in [1.165, 1.54) is 4.90 Å². The molecule has 0 aromatic heterocycles. The molecule has 1 N–H and O–H groups in total. The van der Waals surface area contributed by atoms with Gasteiger partial charge in [0.25, 0.3) is 0 Å². The van der Waals surface area contributed by atoms with Gasteiger partial charge < -0.3 is 23.9 Å². The number of aliphatic hydroxyl groups excluding tert-OH is 1. The fourth-order valence-electron chi connectivity index (χ4n) is 2.86. The average Bonchev–Trinajstić information content (AvgIpc) is 2.72. The lowest BCUT2D eigenvalue weighted by atomic mass is 10.1. The van der Waals surface area contributed by atoms with Gasteiger partial charge >= 0.3 is 0 Å². The summed E-state index contributed by atoms with van der Waals surface area (Å²) >= 11 is 18.5. The summed E-state index contributed by atoms with van der Waals surface area (Å²) in [6, 6.07) is 4.26. The number of hydrogen-bond acceptors (Lipinski definition) is 5. The molecule has 1 rings (SSSR count). The number of ether oxygens (including phenoxy) is 2. The first-order valence-corrected chi connectivity index (χ1v) is 19.7. The predicted molar refractivity (Wildman–Crippen MR) is 151 cm³/mol. The first-order valence-electron chi connectivity index (χ1n) is 11.8. The number of alkyl halides is 1. The largest absolute Gasteiger partial charge is 0.467 e. The van der Waals surface area contributed by atoms with Crippen LogP contribution < -0.4 is 4.74 Å². The molecule has 35 heavy (non-hydrogen) atoms. The molecule has 0 aliphatic rings. The first-order chi connectivity index (χ1) is 16.0. The Balaban J connectivity index is 2.93. The number of benzene rings is 1. The first kappa shape index (κ1) is 32.7. The summed E-state index contributed by atoms with van der Waals surface area (Å²) in [4.78, 5) is 14.0. The van der Waals surface area contributed by atoms with Gasteiger partial charge in [-0.05, 0) is 36.3 Å². The molecule has 1 unspecified atom stereocenters. The molecule has 0 fully saturated rings. The van der Waals surface area contributed by atoms with Crippen LogP contribution >= 0.6 is 34.8 Å². The fraction of sp³-hybridized carbons (Fsp3) is 0.708. The SMILES string of the molecule is CC(C)(C)[Si](C)(C)OCCN(CC(O)c1c(OCOCC[Si](C)(C)C)ccc(Cl)c1Cl)C(=O)CCl. The van der Waals surface area contributed by atoms with Gasteiger partial charge in [0.05, 0.1) is 23.2 Å². The van der Waals surface area contributed by atoms with Crippen LogP contribution in [0.3, 0.4) is 0 Å². The van der Waals surface area contributed by atoms with E-state index < -0.39 is 22.5 Å². The topological polar surface area (TPSA) is 68.2 Å². The van der Waals surface area contributed by atoms with Crippen LogP contribution in [0.4, 0.5) is 0 Å². The number of carbonyl (C=O) groups excluding carboxylic acids is 1. The zero-order chi connectivity index (χ0) is 27.0. The van der Waals surface area contributed by atoms with Crippen LogP contribution in [0.25, 0.3) is 0 Å². The second-order valence-corrected chi connectivity index (χ2v) is 22.8. The lowest BCUT2D eigenvalue weighted by Crippen LogP contribution is -2.44. The number of carbonyl (C=O) groups is 1. The zero-order valence-corrected chi connectivity index (χ0v) is 26.6. The van der Waals surface area contributed by atoms with Crippen molar-refractivity contribution in [1.29, 1.82) is 0 Å². The molecule has 0 spiro atoms. The molecule has 0 bridgehead atoms. The molecule has 1 atom stereocenters. The molecule has 0 saturated heterocycles. The molecule has 0 aliphatic carbocycles. The molecule has 6 nitrogen and oxygen atoms in total. The van der Waals surface area contributed by atoms with Gasteiger partial charge in [-0.15, -0.1) is 11.6 Å². The van der Waals surface area contributed by atoms with Crippen LogP contribution in [0, 0.1) is 0 Å². The number of rotatable bonds is 14. The van der Waals surface area contributed by atoms with Gasteiger partial charge in [-0.1, -0.05) is 63.6 Å². The minimum absolute atomic E-state index is 0.0207.